The number of hydrogen-bond donors (Lipinski definition) is 0. The van der Waals surface area contributed by atoms with Crippen LogP contribution in [0.3, 0.4) is 0 Å². The number of nitrogens with zero attached hydrogens (tertiary/aromatic N) is 3. The standard InChI is InChI=1S/C73H71BFN3/c1-69(2,3)51-29-34-61(56(41-51)48-24-17-13-18-25-48)76-64-33-28-50(47-22-15-12-16-23-47)40-59(64)74-60-43-53(71(7,8)9)31-36-65(60)77(62-35-30-52(70(4,5)6)42-57(62)49-26-19-14-20-27-49)67-46-55(45-66(76)68(67)74)78-63-37-32-54(75)44-58(63)72(10)38-21-39-73(72,78)11/h12-20,22-37,40-46H,21,38-39H2,1-11H3. The molecule has 2 atom stereocenters. The van der Waals surface area contributed by atoms with Crippen LogP contribution in [0.1, 0.15) is 118 Å². The fourth-order valence-corrected chi connectivity index (χ4v) is 14.0. The van der Waals surface area contributed by atoms with E-state index in [1.165, 1.54) is 72.1 Å². The predicted molar refractivity (Wildman–Crippen MR) is 331 cm³/mol. The third-order valence-electron chi connectivity index (χ3n) is 18.5. The molecule has 0 aromatic heterocycles. The van der Waals surface area contributed by atoms with E-state index in [4.69, 9.17) is 0 Å². The van der Waals surface area contributed by atoms with E-state index in [2.05, 4.69) is 273 Å². The van der Waals surface area contributed by atoms with Crippen molar-refractivity contribution in [3.63, 3.8) is 0 Å². The van der Waals surface area contributed by atoms with Gasteiger partial charge in [-0.3, -0.25) is 0 Å². The van der Waals surface area contributed by atoms with Crippen molar-refractivity contribution in [2.45, 2.75) is 123 Å². The van der Waals surface area contributed by atoms with Crippen molar-refractivity contribution < 1.29 is 4.39 Å². The molecule has 3 aliphatic heterocycles. The Morgan fingerprint density at radius 3 is 1.37 bits per heavy atom. The molecule has 4 aliphatic rings. The Morgan fingerprint density at radius 2 is 0.859 bits per heavy atom. The maximum Gasteiger partial charge on any atom is 0.252 e. The summed E-state index contributed by atoms with van der Waals surface area (Å²) >= 11 is 0. The molecule has 9 aromatic rings. The Bertz CT molecular complexity index is 3830. The van der Waals surface area contributed by atoms with Gasteiger partial charge in [0.15, 0.2) is 0 Å². The van der Waals surface area contributed by atoms with Crippen LogP contribution in [-0.2, 0) is 21.7 Å². The molecule has 0 saturated heterocycles. The molecule has 0 spiro atoms. The molecule has 1 saturated carbocycles. The van der Waals surface area contributed by atoms with E-state index in [0.29, 0.717) is 0 Å². The minimum Gasteiger partial charge on any atom is -0.334 e. The first-order valence-electron chi connectivity index (χ1n) is 28.4. The fraction of sp³-hybridized carbons (Fsp3) is 0.260. The van der Waals surface area contributed by atoms with Crippen molar-refractivity contribution in [3.05, 3.63) is 222 Å². The fourth-order valence-electron chi connectivity index (χ4n) is 14.0. The molecule has 0 N–H and O–H groups in total. The molecular weight excluding hydrogens is 949 g/mol. The summed E-state index contributed by atoms with van der Waals surface area (Å²) in [6.07, 6.45) is 3.06. The van der Waals surface area contributed by atoms with E-state index in [9.17, 15) is 0 Å². The van der Waals surface area contributed by atoms with Crippen LogP contribution in [0.15, 0.2) is 194 Å². The topological polar surface area (TPSA) is 9.72 Å². The lowest BCUT2D eigenvalue weighted by Gasteiger charge is -2.47. The molecule has 388 valence electrons. The molecular formula is C73H71BFN3. The lowest BCUT2D eigenvalue weighted by Crippen LogP contribution is -2.61. The van der Waals surface area contributed by atoms with E-state index < -0.39 is 0 Å². The first-order valence-corrected chi connectivity index (χ1v) is 28.4. The van der Waals surface area contributed by atoms with Gasteiger partial charge < -0.3 is 14.7 Å². The molecule has 5 heteroatoms. The monoisotopic (exact) mass is 1020 g/mol. The van der Waals surface area contributed by atoms with E-state index in [0.717, 1.165) is 64.6 Å². The van der Waals surface area contributed by atoms with Crippen LogP contribution < -0.4 is 31.1 Å². The second kappa shape index (κ2) is 17.7. The van der Waals surface area contributed by atoms with Gasteiger partial charge in [-0.15, -0.1) is 0 Å². The van der Waals surface area contributed by atoms with Crippen LogP contribution in [-0.4, -0.2) is 12.3 Å². The molecule has 1 aliphatic carbocycles. The third kappa shape index (κ3) is 7.73. The van der Waals surface area contributed by atoms with Crippen LogP contribution in [0, 0.1) is 5.82 Å². The zero-order chi connectivity index (χ0) is 54.3. The van der Waals surface area contributed by atoms with Crippen LogP contribution in [0.5, 0.6) is 0 Å². The zero-order valence-electron chi connectivity index (χ0n) is 47.4. The Hall–Kier alpha value is -7.63. The summed E-state index contributed by atoms with van der Waals surface area (Å²) in [5.74, 6) is -0.177. The van der Waals surface area contributed by atoms with Gasteiger partial charge in [-0.1, -0.05) is 203 Å². The maximum atomic E-state index is 15.8. The Labute approximate surface area is 463 Å². The highest BCUT2D eigenvalue weighted by molar-refractivity contribution is 7.00. The smallest absolute Gasteiger partial charge is 0.252 e. The molecule has 9 aromatic carbocycles. The molecule has 0 amide bonds. The number of halogens is 1. The van der Waals surface area contributed by atoms with Gasteiger partial charge in [-0.05, 0) is 164 Å². The Balaban J connectivity index is 1.21. The van der Waals surface area contributed by atoms with Gasteiger partial charge in [0.1, 0.15) is 5.82 Å². The van der Waals surface area contributed by atoms with Crippen molar-refractivity contribution in [1.82, 2.24) is 0 Å². The van der Waals surface area contributed by atoms with Crippen LogP contribution in [0.25, 0.3) is 33.4 Å². The van der Waals surface area contributed by atoms with E-state index in [-0.39, 0.29) is 39.7 Å². The summed E-state index contributed by atoms with van der Waals surface area (Å²) in [7, 11) is 0. The normalized spacial score (nSPS) is 18.4. The van der Waals surface area contributed by atoms with E-state index >= 15 is 4.39 Å². The van der Waals surface area contributed by atoms with Crippen molar-refractivity contribution in [2.24, 2.45) is 0 Å². The van der Waals surface area contributed by atoms with Crippen LogP contribution in [0.4, 0.5) is 49.9 Å². The zero-order valence-corrected chi connectivity index (χ0v) is 47.4. The van der Waals surface area contributed by atoms with Crippen LogP contribution >= 0.6 is 0 Å². The van der Waals surface area contributed by atoms with Crippen molar-refractivity contribution in [1.29, 1.82) is 0 Å². The average molecular weight is 1020 g/mol. The average Bonchev–Trinajstić information content (AvgIpc) is 2.70. The maximum absolute atomic E-state index is 15.8. The minimum atomic E-state index is -0.322. The number of rotatable bonds is 6. The van der Waals surface area contributed by atoms with Gasteiger partial charge in [0.25, 0.3) is 6.71 Å². The van der Waals surface area contributed by atoms with Gasteiger partial charge in [-0.25, -0.2) is 4.39 Å². The van der Waals surface area contributed by atoms with Gasteiger partial charge >= 0.3 is 0 Å². The molecule has 1 fully saturated rings. The summed E-state index contributed by atoms with van der Waals surface area (Å²) in [5, 5.41) is 0. The van der Waals surface area contributed by atoms with Gasteiger partial charge in [0.05, 0.1) is 16.9 Å². The molecule has 0 radical (unpaired) electrons. The summed E-state index contributed by atoms with van der Waals surface area (Å²) < 4.78 is 15.8. The summed E-state index contributed by atoms with van der Waals surface area (Å²) in [5.41, 5.74) is 24.1. The van der Waals surface area contributed by atoms with Gasteiger partial charge in [0, 0.05) is 50.7 Å². The number of fused-ring (bicyclic) bond motifs is 7. The predicted octanol–water partition coefficient (Wildman–Crippen LogP) is 18.2. The molecule has 13 rings (SSSR count). The first kappa shape index (κ1) is 49.9. The number of benzene rings is 9. The van der Waals surface area contributed by atoms with Gasteiger partial charge in [-0.2, -0.15) is 0 Å². The highest BCUT2D eigenvalue weighted by atomic mass is 19.1. The number of hydrogen-bond acceptors (Lipinski definition) is 3. The Morgan fingerprint density at radius 1 is 0.410 bits per heavy atom. The Kier molecular flexibility index (Phi) is 11.3. The molecule has 3 heterocycles. The summed E-state index contributed by atoms with van der Waals surface area (Å²) in [6.45, 7) is 25.6. The van der Waals surface area contributed by atoms with Gasteiger partial charge in [0.2, 0.25) is 0 Å². The lowest BCUT2D eigenvalue weighted by molar-refractivity contribution is 0.330. The second-order valence-electron chi connectivity index (χ2n) is 26.3. The van der Waals surface area contributed by atoms with Crippen molar-refractivity contribution in [2.75, 3.05) is 14.7 Å². The molecule has 3 nitrogen and oxygen atoms in total. The summed E-state index contributed by atoms with van der Waals surface area (Å²) in [6, 6.07) is 72.5. The quantitative estimate of drug-likeness (QED) is 0.154. The molecule has 0 bridgehead atoms. The van der Waals surface area contributed by atoms with E-state index in [1.807, 2.05) is 6.07 Å². The minimum absolute atomic E-state index is 0.0840. The first-order chi connectivity index (χ1) is 37.2. The largest absolute Gasteiger partial charge is 0.334 e. The lowest BCUT2D eigenvalue weighted by atomic mass is 9.33. The second-order valence-corrected chi connectivity index (χ2v) is 26.3. The highest BCUT2D eigenvalue weighted by Crippen LogP contribution is 2.63. The SMILES string of the molecule is CC(C)(C)c1ccc2c(c1)B1c3cc(-c4ccccc4)ccc3N(c3ccc(C(C)(C)C)cc3-c3ccccc3)c3cc(N4c5ccc(F)cc5C5(C)CCCC45C)cc(c31)N2c1ccc(C(C)(C)C)cc1-c1ccccc1. The van der Waals surface area contributed by atoms with Crippen molar-refractivity contribution >= 4 is 68.6 Å². The third-order valence-corrected chi connectivity index (χ3v) is 18.5. The summed E-state index contributed by atoms with van der Waals surface area (Å²) in [4.78, 5) is 7.87. The molecule has 2 unspecified atom stereocenters. The highest BCUT2D eigenvalue weighted by Gasteiger charge is 2.60. The van der Waals surface area contributed by atoms with E-state index in [1.54, 1.807) is 6.07 Å². The molecule has 78 heavy (non-hydrogen) atoms. The van der Waals surface area contributed by atoms with Crippen LogP contribution in [0.2, 0.25) is 0 Å². The van der Waals surface area contributed by atoms with Crippen molar-refractivity contribution in [3.8, 4) is 33.4 Å². The number of anilines is 8.